The average molecular weight is 187 g/mol. The molecule has 5 nitrogen and oxygen atoms in total. The Balaban J connectivity index is 4.02. The average Bonchev–Trinajstić information content (AvgIpc) is 1.96. The standard InChI is InChI=1S/C8H13NO4/c1-5(10)4-9-7(6(2)11)3-8(12)13/h7,9H,3-4H2,1-2H3,(H,12,13)/t7-/m0/s1. The van der Waals surface area contributed by atoms with Crippen LogP contribution in [0.5, 0.6) is 0 Å². The predicted octanol–water partition coefficient (Wildman–Crippen LogP) is -0.403. The molecule has 5 heteroatoms. The maximum Gasteiger partial charge on any atom is 0.305 e. The van der Waals surface area contributed by atoms with Crippen molar-refractivity contribution < 1.29 is 19.5 Å². The molecule has 0 aliphatic carbocycles. The predicted molar refractivity (Wildman–Crippen MR) is 45.4 cm³/mol. The van der Waals surface area contributed by atoms with Crippen molar-refractivity contribution in [3.63, 3.8) is 0 Å². The van der Waals surface area contributed by atoms with Gasteiger partial charge in [-0.25, -0.2) is 0 Å². The van der Waals surface area contributed by atoms with Crippen molar-refractivity contribution in [3.05, 3.63) is 0 Å². The lowest BCUT2D eigenvalue weighted by molar-refractivity contribution is -0.139. The molecule has 0 bridgehead atoms. The van der Waals surface area contributed by atoms with Gasteiger partial charge in [-0.05, 0) is 13.8 Å². The summed E-state index contributed by atoms with van der Waals surface area (Å²) < 4.78 is 0. The molecule has 0 unspecified atom stereocenters. The number of Topliss-reactive ketones (excluding diaryl/α,β-unsaturated/α-hetero) is 2. The normalized spacial score (nSPS) is 12.2. The molecule has 0 amide bonds. The van der Waals surface area contributed by atoms with E-state index in [0.717, 1.165) is 0 Å². The molecule has 0 radical (unpaired) electrons. The van der Waals surface area contributed by atoms with Gasteiger partial charge in [-0.3, -0.25) is 14.4 Å². The number of ketones is 2. The lowest BCUT2D eigenvalue weighted by Gasteiger charge is -2.11. The second kappa shape index (κ2) is 5.42. The van der Waals surface area contributed by atoms with Gasteiger partial charge in [0.25, 0.3) is 0 Å². The Morgan fingerprint density at radius 2 is 1.85 bits per heavy atom. The molecule has 0 rings (SSSR count). The van der Waals surface area contributed by atoms with Crippen molar-refractivity contribution in [1.82, 2.24) is 5.32 Å². The number of rotatable bonds is 6. The van der Waals surface area contributed by atoms with Gasteiger partial charge in [0.05, 0.1) is 19.0 Å². The van der Waals surface area contributed by atoms with Gasteiger partial charge < -0.3 is 10.4 Å². The van der Waals surface area contributed by atoms with E-state index in [1.807, 2.05) is 0 Å². The van der Waals surface area contributed by atoms with E-state index in [0.29, 0.717) is 0 Å². The zero-order valence-corrected chi connectivity index (χ0v) is 7.66. The fraction of sp³-hybridized carbons (Fsp3) is 0.625. The van der Waals surface area contributed by atoms with Crippen LogP contribution < -0.4 is 5.32 Å². The highest BCUT2D eigenvalue weighted by atomic mass is 16.4. The molecule has 0 aromatic rings. The zero-order chi connectivity index (χ0) is 10.4. The number of nitrogens with one attached hydrogen (secondary N) is 1. The highest BCUT2D eigenvalue weighted by molar-refractivity contribution is 5.86. The van der Waals surface area contributed by atoms with Crippen LogP contribution in [0.3, 0.4) is 0 Å². The van der Waals surface area contributed by atoms with Crippen LogP contribution in [0.2, 0.25) is 0 Å². The van der Waals surface area contributed by atoms with Crippen LogP contribution in [-0.2, 0) is 14.4 Å². The second-order valence-electron chi connectivity index (χ2n) is 2.84. The first-order valence-corrected chi connectivity index (χ1v) is 3.88. The molecule has 2 N–H and O–H groups in total. The van der Waals surface area contributed by atoms with Gasteiger partial charge in [0.2, 0.25) is 0 Å². The number of hydrogen-bond donors (Lipinski definition) is 2. The SMILES string of the molecule is CC(=O)CN[C@@H](CC(=O)O)C(C)=O. The van der Waals surface area contributed by atoms with Crippen LogP contribution >= 0.6 is 0 Å². The van der Waals surface area contributed by atoms with E-state index in [2.05, 4.69) is 5.32 Å². The summed E-state index contributed by atoms with van der Waals surface area (Å²) >= 11 is 0. The molecule has 74 valence electrons. The lowest BCUT2D eigenvalue weighted by Crippen LogP contribution is -2.39. The van der Waals surface area contributed by atoms with Gasteiger partial charge in [-0.2, -0.15) is 0 Å². The Morgan fingerprint density at radius 1 is 1.31 bits per heavy atom. The summed E-state index contributed by atoms with van der Waals surface area (Å²) in [5.41, 5.74) is 0. The van der Waals surface area contributed by atoms with Crippen LogP contribution in [0.1, 0.15) is 20.3 Å². The first kappa shape index (κ1) is 11.8. The van der Waals surface area contributed by atoms with Crippen molar-refractivity contribution in [2.75, 3.05) is 6.54 Å². The van der Waals surface area contributed by atoms with Crippen LogP contribution in [0.25, 0.3) is 0 Å². The van der Waals surface area contributed by atoms with E-state index < -0.39 is 12.0 Å². The summed E-state index contributed by atoms with van der Waals surface area (Å²) in [7, 11) is 0. The first-order valence-electron chi connectivity index (χ1n) is 3.88. The molecule has 13 heavy (non-hydrogen) atoms. The topological polar surface area (TPSA) is 83.5 Å². The summed E-state index contributed by atoms with van der Waals surface area (Å²) in [6.45, 7) is 2.68. The minimum absolute atomic E-state index is 0.0253. The highest BCUT2D eigenvalue weighted by Crippen LogP contribution is 1.93. The zero-order valence-electron chi connectivity index (χ0n) is 7.66. The van der Waals surface area contributed by atoms with Gasteiger partial charge in [-0.15, -0.1) is 0 Å². The van der Waals surface area contributed by atoms with Crippen LogP contribution in [-0.4, -0.2) is 35.2 Å². The number of carboxylic acid groups (broad SMARTS) is 1. The molecule has 1 atom stereocenters. The number of aliphatic carboxylic acids is 1. The highest BCUT2D eigenvalue weighted by Gasteiger charge is 2.17. The summed E-state index contributed by atoms with van der Waals surface area (Å²) in [5, 5.41) is 11.0. The molecule has 0 saturated heterocycles. The maximum absolute atomic E-state index is 10.9. The van der Waals surface area contributed by atoms with Crippen LogP contribution in [0.4, 0.5) is 0 Å². The monoisotopic (exact) mass is 187 g/mol. The molecule has 0 fully saturated rings. The van der Waals surface area contributed by atoms with Gasteiger partial charge in [0.1, 0.15) is 11.6 Å². The van der Waals surface area contributed by atoms with Gasteiger partial charge in [0, 0.05) is 0 Å². The Labute approximate surface area is 76.1 Å². The van der Waals surface area contributed by atoms with Crippen molar-refractivity contribution in [3.8, 4) is 0 Å². The third kappa shape index (κ3) is 5.98. The molecule has 0 aromatic heterocycles. The molecule has 0 spiro atoms. The minimum Gasteiger partial charge on any atom is -0.481 e. The molecule has 0 aliphatic rings. The van der Waals surface area contributed by atoms with Gasteiger partial charge >= 0.3 is 5.97 Å². The van der Waals surface area contributed by atoms with Crippen molar-refractivity contribution in [1.29, 1.82) is 0 Å². The first-order chi connectivity index (χ1) is 5.93. The van der Waals surface area contributed by atoms with E-state index in [9.17, 15) is 14.4 Å². The van der Waals surface area contributed by atoms with Crippen molar-refractivity contribution >= 4 is 17.5 Å². The summed E-state index contributed by atoms with van der Waals surface area (Å²) in [4.78, 5) is 31.7. The lowest BCUT2D eigenvalue weighted by atomic mass is 10.1. The quantitative estimate of drug-likeness (QED) is 0.591. The Kier molecular flexibility index (Phi) is 4.91. The van der Waals surface area contributed by atoms with Gasteiger partial charge in [-0.1, -0.05) is 0 Å². The van der Waals surface area contributed by atoms with E-state index in [1.54, 1.807) is 0 Å². The fourth-order valence-electron chi connectivity index (χ4n) is 0.801. The summed E-state index contributed by atoms with van der Waals surface area (Å²) in [6, 6.07) is -0.763. The van der Waals surface area contributed by atoms with Crippen molar-refractivity contribution in [2.24, 2.45) is 0 Å². The van der Waals surface area contributed by atoms with Gasteiger partial charge in [0.15, 0.2) is 0 Å². The van der Waals surface area contributed by atoms with E-state index in [-0.39, 0.29) is 24.5 Å². The van der Waals surface area contributed by atoms with E-state index in [4.69, 9.17) is 5.11 Å². The molecule has 0 saturated carbocycles. The number of carbonyl (C=O) groups is 3. The third-order valence-corrected chi connectivity index (χ3v) is 1.47. The smallest absolute Gasteiger partial charge is 0.305 e. The number of carbonyl (C=O) groups excluding carboxylic acids is 2. The molecular weight excluding hydrogens is 174 g/mol. The molecule has 0 aromatic carbocycles. The Hall–Kier alpha value is -1.23. The molecular formula is C8H13NO4. The van der Waals surface area contributed by atoms with Crippen LogP contribution in [0, 0.1) is 0 Å². The largest absolute Gasteiger partial charge is 0.481 e. The maximum atomic E-state index is 10.9. The van der Waals surface area contributed by atoms with E-state index >= 15 is 0 Å². The Bertz CT molecular complexity index is 224. The fourth-order valence-corrected chi connectivity index (χ4v) is 0.801. The Morgan fingerprint density at radius 3 is 2.15 bits per heavy atom. The minimum atomic E-state index is -1.06. The second-order valence-corrected chi connectivity index (χ2v) is 2.84. The van der Waals surface area contributed by atoms with E-state index in [1.165, 1.54) is 13.8 Å². The third-order valence-electron chi connectivity index (χ3n) is 1.47. The summed E-state index contributed by atoms with van der Waals surface area (Å²) in [5.74, 6) is -1.46. The van der Waals surface area contributed by atoms with Crippen molar-refractivity contribution in [2.45, 2.75) is 26.3 Å². The van der Waals surface area contributed by atoms with Crippen LogP contribution in [0.15, 0.2) is 0 Å². The number of carboxylic acids is 1. The number of hydrogen-bond acceptors (Lipinski definition) is 4. The molecule has 0 aliphatic heterocycles. The molecule has 0 heterocycles. The summed E-state index contributed by atoms with van der Waals surface area (Å²) in [6.07, 6.45) is -0.289.